The van der Waals surface area contributed by atoms with Crippen LogP contribution in [0, 0.1) is 0 Å². The molecule has 6 nitrogen and oxygen atoms in total. The average Bonchev–Trinajstić information content (AvgIpc) is 2.49. The summed E-state index contributed by atoms with van der Waals surface area (Å²) in [4.78, 5) is 0. The third-order valence-corrected chi connectivity index (χ3v) is 3.57. The molecule has 112 valence electrons. The predicted octanol–water partition coefficient (Wildman–Crippen LogP) is -0.474. The van der Waals surface area contributed by atoms with E-state index in [1.807, 2.05) is 0 Å². The third-order valence-electron chi connectivity index (χ3n) is 3.17. The molecule has 7 heteroatoms. The molecule has 2 rings (SSSR count). The Balaban J connectivity index is 2.31. The second-order valence-electron chi connectivity index (χ2n) is 4.56. The van der Waals surface area contributed by atoms with Crippen LogP contribution in [0.1, 0.15) is 5.56 Å². The number of halogens is 1. The molecule has 1 fully saturated rings. The number of aliphatic hydroxyl groups is 4. The fraction of sp³-hybridized carbons (Fsp3) is 0.538. The van der Waals surface area contributed by atoms with Crippen molar-refractivity contribution in [1.82, 2.24) is 0 Å². The molecule has 1 aromatic rings. The molecule has 0 bridgehead atoms. The van der Waals surface area contributed by atoms with E-state index in [0.717, 1.165) is 0 Å². The first-order valence-corrected chi connectivity index (χ1v) is 6.57. The van der Waals surface area contributed by atoms with Gasteiger partial charge in [0.05, 0.1) is 13.2 Å². The number of rotatable bonds is 4. The normalized spacial score (nSPS) is 35.8. The standard InChI is InChI=1S/C13H17ClO6/c14-13(8-4-2-1-3-5-8)19-10(7-16)11(18)12(20-13)9(17)6-15/h1-5,9-12,15-18H,6-7H2/t9-,10+,11-,12-,13?/m0/s1. The van der Waals surface area contributed by atoms with Gasteiger partial charge in [-0.15, -0.1) is 0 Å². The van der Waals surface area contributed by atoms with Crippen molar-refractivity contribution in [2.45, 2.75) is 29.7 Å². The molecule has 1 heterocycles. The molecule has 0 aliphatic carbocycles. The van der Waals surface area contributed by atoms with Crippen LogP contribution in [0.15, 0.2) is 30.3 Å². The minimum atomic E-state index is -1.74. The highest BCUT2D eigenvalue weighted by Crippen LogP contribution is 2.40. The summed E-state index contributed by atoms with van der Waals surface area (Å²) >= 11 is 6.28. The lowest BCUT2D eigenvalue weighted by molar-refractivity contribution is -0.334. The van der Waals surface area contributed by atoms with E-state index in [4.69, 9.17) is 26.2 Å². The Kier molecular flexibility index (Phi) is 4.98. The van der Waals surface area contributed by atoms with Crippen molar-refractivity contribution in [3.8, 4) is 0 Å². The minimum Gasteiger partial charge on any atom is -0.394 e. The second kappa shape index (κ2) is 6.36. The Bertz CT molecular complexity index is 430. The Morgan fingerprint density at radius 1 is 1.20 bits per heavy atom. The van der Waals surface area contributed by atoms with Crippen LogP contribution in [0.4, 0.5) is 0 Å². The van der Waals surface area contributed by atoms with Crippen LogP contribution in [0.3, 0.4) is 0 Å². The van der Waals surface area contributed by atoms with E-state index in [0.29, 0.717) is 5.56 Å². The quantitative estimate of drug-likeness (QED) is 0.561. The second-order valence-corrected chi connectivity index (χ2v) is 5.06. The molecular formula is C13H17ClO6. The van der Waals surface area contributed by atoms with Gasteiger partial charge in [0, 0.05) is 5.56 Å². The molecule has 0 radical (unpaired) electrons. The van der Waals surface area contributed by atoms with Crippen molar-refractivity contribution in [1.29, 1.82) is 0 Å². The first kappa shape index (κ1) is 15.7. The summed E-state index contributed by atoms with van der Waals surface area (Å²) in [5.74, 6) is 0. The van der Waals surface area contributed by atoms with Crippen LogP contribution in [-0.4, -0.2) is 58.1 Å². The van der Waals surface area contributed by atoms with Gasteiger partial charge in [-0.2, -0.15) is 0 Å². The number of hydrogen-bond donors (Lipinski definition) is 4. The molecule has 1 saturated heterocycles. The van der Waals surface area contributed by atoms with Crippen molar-refractivity contribution in [2.24, 2.45) is 0 Å². The van der Waals surface area contributed by atoms with Gasteiger partial charge in [0.15, 0.2) is 0 Å². The first-order chi connectivity index (χ1) is 9.51. The van der Waals surface area contributed by atoms with Gasteiger partial charge in [-0.25, -0.2) is 0 Å². The molecule has 1 aromatic carbocycles. The summed E-state index contributed by atoms with van der Waals surface area (Å²) in [5, 5.41) is 36.2. The molecule has 1 aliphatic rings. The molecule has 0 aromatic heterocycles. The summed E-state index contributed by atoms with van der Waals surface area (Å²) in [6.45, 7) is -1.11. The van der Waals surface area contributed by atoms with Crippen LogP contribution < -0.4 is 0 Å². The van der Waals surface area contributed by atoms with Crippen LogP contribution >= 0.6 is 11.6 Å². The maximum absolute atomic E-state index is 9.97. The van der Waals surface area contributed by atoms with Crippen molar-refractivity contribution < 1.29 is 29.9 Å². The van der Waals surface area contributed by atoms with E-state index < -0.39 is 42.9 Å². The number of benzene rings is 1. The maximum atomic E-state index is 9.97. The summed E-state index contributed by atoms with van der Waals surface area (Å²) in [6, 6.07) is 8.54. The fourth-order valence-corrected chi connectivity index (χ4v) is 2.42. The highest BCUT2D eigenvalue weighted by Gasteiger charge is 2.49. The van der Waals surface area contributed by atoms with Crippen LogP contribution in [0.25, 0.3) is 0 Å². The molecule has 1 unspecified atom stereocenters. The molecule has 0 amide bonds. The van der Waals surface area contributed by atoms with E-state index in [1.54, 1.807) is 30.3 Å². The summed E-state index contributed by atoms with van der Waals surface area (Å²) in [7, 11) is 0. The van der Waals surface area contributed by atoms with Crippen LogP contribution in [0.5, 0.6) is 0 Å². The van der Waals surface area contributed by atoms with Crippen molar-refractivity contribution >= 4 is 11.6 Å². The molecule has 5 atom stereocenters. The molecular weight excluding hydrogens is 288 g/mol. The van der Waals surface area contributed by atoms with E-state index in [1.165, 1.54) is 0 Å². The van der Waals surface area contributed by atoms with Crippen molar-refractivity contribution in [3.05, 3.63) is 35.9 Å². The van der Waals surface area contributed by atoms with Gasteiger partial charge >= 0.3 is 0 Å². The lowest BCUT2D eigenvalue weighted by atomic mass is 10.0. The molecule has 1 aliphatic heterocycles. The molecule has 20 heavy (non-hydrogen) atoms. The smallest absolute Gasteiger partial charge is 0.277 e. The van der Waals surface area contributed by atoms with Gasteiger partial charge in [-0.05, 0) is 0 Å². The SMILES string of the molecule is OC[C@H](O)[C@@H]1OC(Cl)(c2ccccc2)O[C@H](CO)[C@@H]1O. The van der Waals surface area contributed by atoms with Crippen LogP contribution in [-0.2, 0) is 14.7 Å². The number of ether oxygens (including phenoxy) is 2. The van der Waals surface area contributed by atoms with Crippen LogP contribution in [0.2, 0.25) is 0 Å². The van der Waals surface area contributed by atoms with Gasteiger partial charge in [-0.3, -0.25) is 0 Å². The van der Waals surface area contributed by atoms with Crippen molar-refractivity contribution in [3.63, 3.8) is 0 Å². The van der Waals surface area contributed by atoms with E-state index in [2.05, 4.69) is 0 Å². The predicted molar refractivity (Wildman–Crippen MR) is 69.9 cm³/mol. The lowest BCUT2D eigenvalue weighted by Gasteiger charge is -2.44. The Labute approximate surface area is 121 Å². The van der Waals surface area contributed by atoms with E-state index in [9.17, 15) is 15.3 Å². The summed E-state index contributed by atoms with van der Waals surface area (Å²) < 4.78 is 10.8. The van der Waals surface area contributed by atoms with Gasteiger partial charge in [0.25, 0.3) is 5.25 Å². The number of hydrogen-bond acceptors (Lipinski definition) is 6. The molecule has 4 N–H and O–H groups in total. The average molecular weight is 305 g/mol. The molecule has 0 spiro atoms. The van der Waals surface area contributed by atoms with E-state index in [-0.39, 0.29) is 0 Å². The Morgan fingerprint density at radius 3 is 2.40 bits per heavy atom. The maximum Gasteiger partial charge on any atom is 0.277 e. The molecule has 0 saturated carbocycles. The van der Waals surface area contributed by atoms with Gasteiger partial charge in [0.2, 0.25) is 0 Å². The highest BCUT2D eigenvalue weighted by molar-refractivity contribution is 6.22. The fourth-order valence-electron chi connectivity index (χ4n) is 2.08. The van der Waals surface area contributed by atoms with E-state index >= 15 is 0 Å². The topological polar surface area (TPSA) is 99.4 Å². The minimum absolute atomic E-state index is 0.460. The zero-order valence-corrected chi connectivity index (χ0v) is 11.3. The zero-order valence-electron chi connectivity index (χ0n) is 10.6. The van der Waals surface area contributed by atoms with Crippen molar-refractivity contribution in [2.75, 3.05) is 13.2 Å². The van der Waals surface area contributed by atoms with Gasteiger partial charge in [-0.1, -0.05) is 41.9 Å². The Morgan fingerprint density at radius 2 is 1.85 bits per heavy atom. The third kappa shape index (κ3) is 2.96. The number of alkyl halides is 1. The lowest BCUT2D eigenvalue weighted by Crippen LogP contribution is -2.58. The van der Waals surface area contributed by atoms with Gasteiger partial charge in [0.1, 0.15) is 24.4 Å². The van der Waals surface area contributed by atoms with Gasteiger partial charge < -0.3 is 29.9 Å². The first-order valence-electron chi connectivity index (χ1n) is 6.19. The largest absolute Gasteiger partial charge is 0.394 e. The summed E-state index contributed by atoms with van der Waals surface area (Å²) in [6.07, 6.45) is -4.86. The monoisotopic (exact) mass is 304 g/mol. The summed E-state index contributed by atoms with van der Waals surface area (Å²) in [5.41, 5.74) is 0.460. The Hall–Kier alpha value is -0.730. The highest BCUT2D eigenvalue weighted by atomic mass is 35.5. The zero-order chi connectivity index (χ0) is 14.8. The number of aliphatic hydroxyl groups excluding tert-OH is 4.